The summed E-state index contributed by atoms with van der Waals surface area (Å²) in [6, 6.07) is 11.3. The Balaban J connectivity index is 1.69. The Bertz CT molecular complexity index is 528. The number of benzene rings is 1. The topological polar surface area (TPSA) is 38.3 Å². The quantitative estimate of drug-likeness (QED) is 0.657. The van der Waals surface area contributed by atoms with Crippen LogP contribution in [0, 0.1) is 0 Å². The molecule has 0 spiro atoms. The van der Waals surface area contributed by atoms with Crippen LogP contribution in [0.4, 0.5) is 0 Å². The van der Waals surface area contributed by atoms with Gasteiger partial charge in [-0.2, -0.15) is 5.48 Å². The summed E-state index contributed by atoms with van der Waals surface area (Å²) in [5.74, 6) is -0.334. The van der Waals surface area contributed by atoms with E-state index in [-0.39, 0.29) is 12.4 Å². The van der Waals surface area contributed by atoms with Crippen LogP contribution in [0.5, 0.6) is 0 Å². The average Bonchev–Trinajstić information content (AvgIpc) is 2.91. The molecule has 0 amide bonds. The van der Waals surface area contributed by atoms with Crippen molar-refractivity contribution in [2.75, 3.05) is 6.54 Å². The molecule has 0 radical (unpaired) electrons. The third kappa shape index (κ3) is 4.67. The summed E-state index contributed by atoms with van der Waals surface area (Å²) in [6.45, 7) is 0.606. The minimum absolute atomic E-state index is 0.172. The third-order valence-corrected chi connectivity index (χ3v) is 3.84. The van der Waals surface area contributed by atoms with Crippen LogP contribution in [0.2, 0.25) is 5.02 Å². The van der Waals surface area contributed by atoms with E-state index < -0.39 is 0 Å². The number of nitrogens with one attached hydrogen (secondary N) is 1. The minimum atomic E-state index is -0.334. The number of hydrogen-bond donors (Lipinski definition) is 1. The standard InChI is InChI=1S/C14H14ClNO2S/c15-13-6-2-1-4-11(13)10-14(17)18-16-8-7-12-5-3-9-19-12/h1-6,9,16H,7-8,10H2. The molecule has 100 valence electrons. The van der Waals surface area contributed by atoms with Crippen molar-refractivity contribution in [1.82, 2.24) is 5.48 Å². The van der Waals surface area contributed by atoms with Crippen molar-refractivity contribution < 1.29 is 9.63 Å². The molecule has 2 rings (SSSR count). The number of rotatable bonds is 6. The highest BCUT2D eigenvalue weighted by atomic mass is 35.5. The summed E-state index contributed by atoms with van der Waals surface area (Å²) in [4.78, 5) is 17.8. The Morgan fingerprint density at radius 2 is 2.11 bits per heavy atom. The van der Waals surface area contributed by atoms with E-state index in [0.29, 0.717) is 11.6 Å². The van der Waals surface area contributed by atoms with Gasteiger partial charge in [-0.3, -0.25) is 4.79 Å². The SMILES string of the molecule is O=C(Cc1ccccc1Cl)ONCCc1cccs1. The molecule has 0 fully saturated rings. The van der Waals surface area contributed by atoms with Gasteiger partial charge in [-0.05, 0) is 29.5 Å². The van der Waals surface area contributed by atoms with Gasteiger partial charge in [0.2, 0.25) is 0 Å². The van der Waals surface area contributed by atoms with Gasteiger partial charge >= 0.3 is 5.97 Å². The highest BCUT2D eigenvalue weighted by molar-refractivity contribution is 7.09. The summed E-state index contributed by atoms with van der Waals surface area (Å²) in [5, 5.41) is 2.61. The van der Waals surface area contributed by atoms with Crippen molar-refractivity contribution in [2.24, 2.45) is 0 Å². The highest BCUT2D eigenvalue weighted by Crippen LogP contribution is 2.15. The van der Waals surface area contributed by atoms with Crippen LogP contribution in [0.1, 0.15) is 10.4 Å². The number of thiophene rings is 1. The molecule has 1 N–H and O–H groups in total. The van der Waals surface area contributed by atoms with E-state index in [1.165, 1.54) is 4.88 Å². The van der Waals surface area contributed by atoms with Crippen molar-refractivity contribution in [3.8, 4) is 0 Å². The first-order chi connectivity index (χ1) is 9.25. The predicted molar refractivity (Wildman–Crippen MR) is 77.3 cm³/mol. The van der Waals surface area contributed by atoms with Gasteiger partial charge in [0, 0.05) is 16.4 Å². The molecule has 0 unspecified atom stereocenters. The zero-order valence-corrected chi connectivity index (χ0v) is 11.8. The summed E-state index contributed by atoms with van der Waals surface area (Å²) >= 11 is 7.66. The molecule has 5 heteroatoms. The highest BCUT2D eigenvalue weighted by Gasteiger charge is 2.07. The van der Waals surface area contributed by atoms with E-state index in [1.54, 1.807) is 17.4 Å². The Morgan fingerprint density at radius 1 is 1.26 bits per heavy atom. The van der Waals surface area contributed by atoms with Crippen LogP contribution >= 0.6 is 22.9 Å². The van der Waals surface area contributed by atoms with E-state index in [4.69, 9.17) is 16.4 Å². The molecular formula is C14H14ClNO2S. The van der Waals surface area contributed by atoms with Crippen LogP contribution in [0.3, 0.4) is 0 Å². The van der Waals surface area contributed by atoms with Gasteiger partial charge in [-0.1, -0.05) is 35.9 Å². The number of hydrogen-bond acceptors (Lipinski definition) is 4. The number of carbonyl (C=O) groups is 1. The second-order valence-corrected chi connectivity index (χ2v) is 5.41. The van der Waals surface area contributed by atoms with Crippen LogP contribution in [0.25, 0.3) is 0 Å². The molecule has 19 heavy (non-hydrogen) atoms. The van der Waals surface area contributed by atoms with Crippen LogP contribution < -0.4 is 5.48 Å². The lowest BCUT2D eigenvalue weighted by Crippen LogP contribution is -2.23. The minimum Gasteiger partial charge on any atom is -0.370 e. The van der Waals surface area contributed by atoms with E-state index >= 15 is 0 Å². The molecule has 0 saturated heterocycles. The Kier molecular flexibility index (Phi) is 5.39. The average molecular weight is 296 g/mol. The van der Waals surface area contributed by atoms with Gasteiger partial charge in [0.05, 0.1) is 6.42 Å². The van der Waals surface area contributed by atoms with Gasteiger partial charge in [0.1, 0.15) is 0 Å². The van der Waals surface area contributed by atoms with Gasteiger partial charge in [0.15, 0.2) is 0 Å². The molecule has 0 aliphatic heterocycles. The maximum atomic E-state index is 11.6. The number of hydroxylamine groups is 1. The largest absolute Gasteiger partial charge is 0.370 e. The summed E-state index contributed by atoms with van der Waals surface area (Å²) in [6.07, 6.45) is 1.02. The molecule has 1 aromatic carbocycles. The van der Waals surface area contributed by atoms with Gasteiger partial charge in [-0.25, -0.2) is 0 Å². The number of carbonyl (C=O) groups excluding carboxylic acids is 1. The smallest absolute Gasteiger partial charge is 0.329 e. The molecule has 0 aliphatic carbocycles. The molecule has 3 nitrogen and oxygen atoms in total. The lowest BCUT2D eigenvalue weighted by Gasteiger charge is -2.06. The second kappa shape index (κ2) is 7.28. The van der Waals surface area contributed by atoms with Gasteiger partial charge < -0.3 is 4.84 Å². The van der Waals surface area contributed by atoms with Crippen molar-refractivity contribution in [3.05, 3.63) is 57.2 Å². The first kappa shape index (κ1) is 14.1. The normalized spacial score (nSPS) is 10.4. The predicted octanol–water partition coefficient (Wildman–Crippen LogP) is 3.23. The van der Waals surface area contributed by atoms with E-state index in [2.05, 4.69) is 11.5 Å². The lowest BCUT2D eigenvalue weighted by molar-refractivity contribution is -0.150. The number of halogens is 1. The summed E-state index contributed by atoms with van der Waals surface area (Å²) < 4.78 is 0. The fourth-order valence-corrected chi connectivity index (χ4v) is 2.51. The molecule has 0 aliphatic rings. The summed E-state index contributed by atoms with van der Waals surface area (Å²) in [5.41, 5.74) is 3.45. The molecule has 0 bridgehead atoms. The van der Waals surface area contributed by atoms with Crippen molar-refractivity contribution in [2.45, 2.75) is 12.8 Å². The van der Waals surface area contributed by atoms with E-state index in [0.717, 1.165) is 12.0 Å². The van der Waals surface area contributed by atoms with Crippen LogP contribution in [-0.4, -0.2) is 12.5 Å². The van der Waals surface area contributed by atoms with Crippen LogP contribution in [0.15, 0.2) is 41.8 Å². The van der Waals surface area contributed by atoms with E-state index in [9.17, 15) is 4.79 Å². The maximum absolute atomic E-state index is 11.6. The zero-order valence-electron chi connectivity index (χ0n) is 10.3. The molecule has 0 saturated carbocycles. The molecular weight excluding hydrogens is 282 g/mol. The maximum Gasteiger partial charge on any atom is 0.329 e. The van der Waals surface area contributed by atoms with Crippen molar-refractivity contribution in [1.29, 1.82) is 0 Å². The van der Waals surface area contributed by atoms with Crippen molar-refractivity contribution >= 4 is 28.9 Å². The molecule has 1 aromatic heterocycles. The molecule has 1 heterocycles. The molecule has 2 aromatic rings. The first-order valence-corrected chi connectivity index (χ1v) is 7.20. The Hall–Kier alpha value is -1.36. The van der Waals surface area contributed by atoms with Crippen LogP contribution in [-0.2, 0) is 22.5 Å². The Labute approximate surface area is 121 Å². The zero-order chi connectivity index (χ0) is 13.5. The third-order valence-electron chi connectivity index (χ3n) is 2.53. The van der Waals surface area contributed by atoms with E-state index in [1.807, 2.05) is 29.6 Å². The monoisotopic (exact) mass is 295 g/mol. The van der Waals surface area contributed by atoms with Crippen molar-refractivity contribution in [3.63, 3.8) is 0 Å². The second-order valence-electron chi connectivity index (χ2n) is 3.97. The van der Waals surface area contributed by atoms with Gasteiger partial charge in [0.25, 0.3) is 0 Å². The Morgan fingerprint density at radius 3 is 2.84 bits per heavy atom. The fourth-order valence-electron chi connectivity index (χ4n) is 1.59. The first-order valence-electron chi connectivity index (χ1n) is 5.94. The summed E-state index contributed by atoms with van der Waals surface area (Å²) in [7, 11) is 0. The lowest BCUT2D eigenvalue weighted by atomic mass is 10.1. The fraction of sp³-hybridized carbons (Fsp3) is 0.214. The van der Waals surface area contributed by atoms with Gasteiger partial charge in [-0.15, -0.1) is 11.3 Å². The molecule has 0 atom stereocenters.